The molecule has 0 heterocycles. The number of nitrogens with one attached hydrogen (secondary N) is 1. The number of nitrogens with two attached hydrogens (primary N) is 1. The molecular weight excluding hydrogens is 195 g/mol. The lowest BCUT2D eigenvalue weighted by atomic mass is 10.1. The summed E-state index contributed by atoms with van der Waals surface area (Å²) < 4.78 is 0. The van der Waals surface area contributed by atoms with Crippen LogP contribution >= 0.6 is 23.2 Å². The predicted molar refractivity (Wildman–Crippen MR) is 52.2 cm³/mol. The molecule has 0 saturated carbocycles. The monoisotopic (exact) mass is 202 g/mol. The molecule has 1 aromatic carbocycles. The molecule has 0 aromatic heterocycles. The van der Waals surface area contributed by atoms with Crippen molar-refractivity contribution in [3.05, 3.63) is 33.3 Å². The molecule has 0 radical (unpaired) electrons. The number of aryl methyl sites for hydroxylation is 1. The van der Waals surface area contributed by atoms with Gasteiger partial charge in [-0.25, -0.2) is 0 Å². The normalized spacial score (nSPS) is 9.92. The Bertz CT molecular complexity index is 334. The predicted octanol–water partition coefficient (Wildman–Crippen LogP) is 2.59. The van der Waals surface area contributed by atoms with Crippen molar-refractivity contribution in [1.29, 1.82) is 5.41 Å². The van der Waals surface area contributed by atoms with Gasteiger partial charge < -0.3 is 5.73 Å². The molecule has 0 bridgehead atoms. The van der Waals surface area contributed by atoms with Gasteiger partial charge >= 0.3 is 0 Å². The topological polar surface area (TPSA) is 49.9 Å². The molecular formula is C8H8Cl2N2. The molecule has 0 aliphatic rings. The summed E-state index contributed by atoms with van der Waals surface area (Å²) in [7, 11) is 0. The Morgan fingerprint density at radius 2 is 2.00 bits per heavy atom. The van der Waals surface area contributed by atoms with Crippen LogP contribution in [0, 0.1) is 12.3 Å². The largest absolute Gasteiger partial charge is 0.384 e. The SMILES string of the molecule is Cc1ccc(Cl)c(C(=N)N)c1Cl. The zero-order valence-electron chi connectivity index (χ0n) is 6.49. The molecule has 0 saturated heterocycles. The minimum absolute atomic E-state index is 0.103. The molecule has 1 rings (SSSR count). The van der Waals surface area contributed by atoms with Crippen molar-refractivity contribution in [2.75, 3.05) is 0 Å². The highest BCUT2D eigenvalue weighted by atomic mass is 35.5. The standard InChI is InChI=1S/C8H8Cl2N2/c1-4-2-3-5(9)6(7(4)10)8(11)12/h2-3H,1H3,(H3,11,12). The average molecular weight is 203 g/mol. The Morgan fingerprint density at radius 3 is 2.42 bits per heavy atom. The van der Waals surface area contributed by atoms with Crippen molar-refractivity contribution in [3.63, 3.8) is 0 Å². The average Bonchev–Trinajstić information content (AvgIpc) is 1.97. The summed E-state index contributed by atoms with van der Waals surface area (Å²) in [6.07, 6.45) is 0. The Labute approximate surface area is 80.8 Å². The van der Waals surface area contributed by atoms with E-state index in [4.69, 9.17) is 34.3 Å². The third kappa shape index (κ3) is 1.54. The van der Waals surface area contributed by atoms with Gasteiger partial charge in [0.15, 0.2) is 0 Å². The number of benzene rings is 1. The lowest BCUT2D eigenvalue weighted by molar-refractivity contribution is 1.39. The van der Waals surface area contributed by atoms with E-state index < -0.39 is 0 Å². The van der Waals surface area contributed by atoms with Crippen molar-refractivity contribution in [2.24, 2.45) is 5.73 Å². The lowest BCUT2D eigenvalue weighted by Crippen LogP contribution is -2.12. The molecule has 0 aliphatic carbocycles. The summed E-state index contributed by atoms with van der Waals surface area (Å²) in [6, 6.07) is 3.47. The summed E-state index contributed by atoms with van der Waals surface area (Å²) in [5.74, 6) is -0.103. The molecule has 64 valence electrons. The molecule has 1 aromatic rings. The van der Waals surface area contributed by atoms with Gasteiger partial charge in [-0.15, -0.1) is 0 Å². The second-order valence-corrected chi connectivity index (χ2v) is 3.25. The Kier molecular flexibility index (Phi) is 2.60. The number of nitrogen functional groups attached to an aromatic ring is 1. The highest BCUT2D eigenvalue weighted by molar-refractivity contribution is 6.40. The van der Waals surface area contributed by atoms with E-state index in [1.165, 1.54) is 0 Å². The van der Waals surface area contributed by atoms with Crippen molar-refractivity contribution in [2.45, 2.75) is 6.92 Å². The fraction of sp³-hybridized carbons (Fsp3) is 0.125. The maximum absolute atomic E-state index is 7.22. The van der Waals surface area contributed by atoms with Gasteiger partial charge in [-0.3, -0.25) is 5.41 Å². The quantitative estimate of drug-likeness (QED) is 0.534. The second-order valence-electron chi connectivity index (χ2n) is 2.47. The van der Waals surface area contributed by atoms with Crippen LogP contribution in [0.1, 0.15) is 11.1 Å². The van der Waals surface area contributed by atoms with Crippen molar-refractivity contribution < 1.29 is 0 Å². The van der Waals surface area contributed by atoms with Gasteiger partial charge in [0.25, 0.3) is 0 Å². The first kappa shape index (κ1) is 9.36. The van der Waals surface area contributed by atoms with E-state index in [0.717, 1.165) is 5.56 Å². The molecule has 0 atom stereocenters. The Hall–Kier alpha value is -0.730. The molecule has 4 heteroatoms. The first-order valence-electron chi connectivity index (χ1n) is 3.33. The zero-order chi connectivity index (χ0) is 9.30. The van der Waals surface area contributed by atoms with Crippen LogP contribution in [0.15, 0.2) is 12.1 Å². The van der Waals surface area contributed by atoms with Gasteiger partial charge in [0.1, 0.15) is 5.84 Å². The maximum atomic E-state index is 7.22. The van der Waals surface area contributed by atoms with Crippen LogP contribution < -0.4 is 5.73 Å². The van der Waals surface area contributed by atoms with Gasteiger partial charge in [-0.05, 0) is 18.6 Å². The van der Waals surface area contributed by atoms with Crippen molar-refractivity contribution in [3.8, 4) is 0 Å². The fourth-order valence-corrected chi connectivity index (χ4v) is 1.48. The van der Waals surface area contributed by atoms with E-state index >= 15 is 0 Å². The second kappa shape index (κ2) is 3.33. The summed E-state index contributed by atoms with van der Waals surface area (Å²) in [6.45, 7) is 1.84. The highest BCUT2D eigenvalue weighted by Gasteiger charge is 2.10. The lowest BCUT2D eigenvalue weighted by Gasteiger charge is -2.06. The Balaban J connectivity index is 3.43. The van der Waals surface area contributed by atoms with Crippen molar-refractivity contribution >= 4 is 29.0 Å². The van der Waals surface area contributed by atoms with E-state index in [2.05, 4.69) is 0 Å². The number of halogens is 2. The smallest absolute Gasteiger partial charge is 0.125 e. The first-order valence-corrected chi connectivity index (χ1v) is 4.08. The number of hydrogen-bond acceptors (Lipinski definition) is 1. The number of amidine groups is 1. The van der Waals surface area contributed by atoms with Crippen LogP contribution in [0.3, 0.4) is 0 Å². The summed E-state index contributed by atoms with van der Waals surface area (Å²) >= 11 is 11.7. The molecule has 3 N–H and O–H groups in total. The highest BCUT2D eigenvalue weighted by Crippen LogP contribution is 2.26. The molecule has 2 nitrogen and oxygen atoms in total. The van der Waals surface area contributed by atoms with Gasteiger partial charge in [-0.1, -0.05) is 29.3 Å². The summed E-state index contributed by atoms with van der Waals surface area (Å²) in [4.78, 5) is 0. The maximum Gasteiger partial charge on any atom is 0.125 e. The van der Waals surface area contributed by atoms with Crippen molar-refractivity contribution in [1.82, 2.24) is 0 Å². The van der Waals surface area contributed by atoms with E-state index in [-0.39, 0.29) is 5.84 Å². The zero-order valence-corrected chi connectivity index (χ0v) is 8.00. The van der Waals surface area contributed by atoms with Gasteiger partial charge in [0, 0.05) is 0 Å². The van der Waals surface area contributed by atoms with Crippen LogP contribution in [-0.4, -0.2) is 5.84 Å². The molecule has 12 heavy (non-hydrogen) atoms. The van der Waals surface area contributed by atoms with E-state index in [1.807, 2.05) is 6.92 Å². The van der Waals surface area contributed by atoms with Crippen LogP contribution in [0.2, 0.25) is 10.0 Å². The fourth-order valence-electron chi connectivity index (χ4n) is 0.904. The van der Waals surface area contributed by atoms with E-state index in [0.29, 0.717) is 15.6 Å². The minimum atomic E-state index is -0.103. The van der Waals surface area contributed by atoms with Gasteiger partial charge in [-0.2, -0.15) is 0 Å². The molecule has 0 aliphatic heterocycles. The van der Waals surface area contributed by atoms with Crippen LogP contribution in [0.4, 0.5) is 0 Å². The summed E-state index contributed by atoms with van der Waals surface area (Å²) in [5, 5.41) is 8.09. The third-order valence-electron chi connectivity index (χ3n) is 1.55. The molecule has 0 unspecified atom stereocenters. The molecule has 0 amide bonds. The molecule has 0 fully saturated rings. The van der Waals surface area contributed by atoms with Gasteiger partial charge in [0.2, 0.25) is 0 Å². The van der Waals surface area contributed by atoms with Crippen LogP contribution in [0.25, 0.3) is 0 Å². The third-order valence-corrected chi connectivity index (χ3v) is 2.36. The van der Waals surface area contributed by atoms with Gasteiger partial charge in [0.05, 0.1) is 15.6 Å². The van der Waals surface area contributed by atoms with E-state index in [9.17, 15) is 0 Å². The summed E-state index contributed by atoms with van der Waals surface area (Å²) in [5.41, 5.74) is 6.58. The minimum Gasteiger partial charge on any atom is -0.384 e. The molecule has 0 spiro atoms. The number of hydrogen-bond donors (Lipinski definition) is 2. The van der Waals surface area contributed by atoms with Crippen LogP contribution in [-0.2, 0) is 0 Å². The number of rotatable bonds is 1. The first-order chi connectivity index (χ1) is 5.54. The van der Waals surface area contributed by atoms with E-state index in [1.54, 1.807) is 12.1 Å². The Morgan fingerprint density at radius 1 is 1.42 bits per heavy atom. The van der Waals surface area contributed by atoms with Crippen LogP contribution in [0.5, 0.6) is 0 Å².